The summed E-state index contributed by atoms with van der Waals surface area (Å²) in [6.07, 6.45) is 3.45. The highest BCUT2D eigenvalue weighted by atomic mass is 16.3. The van der Waals surface area contributed by atoms with Crippen LogP contribution in [0.3, 0.4) is 0 Å². The number of likely N-dealkylation sites (N-methyl/N-ethyl adjacent to an activating group) is 2. The summed E-state index contributed by atoms with van der Waals surface area (Å²) in [6, 6.07) is 6.31. The summed E-state index contributed by atoms with van der Waals surface area (Å²) in [5.41, 5.74) is 3.76. The zero-order valence-electron chi connectivity index (χ0n) is 14.2. The van der Waals surface area contributed by atoms with E-state index in [1.807, 2.05) is 0 Å². The fourth-order valence-corrected chi connectivity index (χ4v) is 3.41. The molecule has 0 aromatic heterocycles. The topological polar surface area (TPSA) is 26.7 Å². The maximum Gasteiger partial charge on any atom is 0.0919 e. The second-order valence-corrected chi connectivity index (χ2v) is 7.04. The van der Waals surface area contributed by atoms with Crippen LogP contribution in [0.25, 0.3) is 0 Å². The maximum atomic E-state index is 10.6. The van der Waals surface area contributed by atoms with Crippen molar-refractivity contribution in [1.82, 2.24) is 9.80 Å². The van der Waals surface area contributed by atoms with Crippen molar-refractivity contribution >= 4 is 0 Å². The largest absolute Gasteiger partial charge is 0.387 e. The number of rotatable bonds is 6. The fraction of sp³-hybridized carbons (Fsp3) is 0.667. The third-order valence-electron chi connectivity index (χ3n) is 5.08. The zero-order chi connectivity index (χ0) is 15.6. The van der Waals surface area contributed by atoms with Gasteiger partial charge in [0.15, 0.2) is 0 Å². The molecule has 118 valence electrons. The van der Waals surface area contributed by atoms with Crippen LogP contribution in [0.15, 0.2) is 18.2 Å². The summed E-state index contributed by atoms with van der Waals surface area (Å²) in [5.74, 6) is 0. The van der Waals surface area contributed by atoms with E-state index < -0.39 is 6.10 Å². The third-order valence-corrected chi connectivity index (χ3v) is 5.08. The van der Waals surface area contributed by atoms with Crippen LogP contribution < -0.4 is 0 Å². The Bertz CT molecular complexity index is 480. The monoisotopic (exact) mass is 290 g/mol. The molecule has 0 aliphatic heterocycles. The van der Waals surface area contributed by atoms with Gasteiger partial charge in [-0.15, -0.1) is 0 Å². The molecule has 1 fully saturated rings. The Morgan fingerprint density at radius 1 is 1.19 bits per heavy atom. The van der Waals surface area contributed by atoms with Crippen LogP contribution >= 0.6 is 0 Å². The molecule has 0 heterocycles. The van der Waals surface area contributed by atoms with Gasteiger partial charge < -0.3 is 14.9 Å². The molecule has 1 aromatic rings. The lowest BCUT2D eigenvalue weighted by Crippen LogP contribution is -2.57. The van der Waals surface area contributed by atoms with E-state index in [1.54, 1.807) is 0 Å². The second-order valence-electron chi connectivity index (χ2n) is 7.04. The van der Waals surface area contributed by atoms with Gasteiger partial charge in [-0.2, -0.15) is 0 Å². The first-order chi connectivity index (χ1) is 9.84. The molecular weight excluding hydrogens is 260 g/mol. The molecule has 1 N–H and O–H groups in total. The second kappa shape index (κ2) is 6.47. The van der Waals surface area contributed by atoms with Crippen LogP contribution in [0.2, 0.25) is 0 Å². The average Bonchev–Trinajstić information content (AvgIpc) is 2.36. The minimum absolute atomic E-state index is 0.316. The lowest BCUT2D eigenvalue weighted by Gasteiger charge is -2.49. The Labute approximate surface area is 129 Å². The van der Waals surface area contributed by atoms with Crippen LogP contribution in [0.4, 0.5) is 0 Å². The van der Waals surface area contributed by atoms with Crippen molar-refractivity contribution in [3.8, 4) is 0 Å². The third kappa shape index (κ3) is 3.65. The molecule has 2 rings (SSSR count). The zero-order valence-corrected chi connectivity index (χ0v) is 14.2. The molecule has 1 aliphatic rings. The first kappa shape index (κ1) is 16.5. The highest BCUT2D eigenvalue weighted by Crippen LogP contribution is 2.36. The van der Waals surface area contributed by atoms with Crippen LogP contribution in [-0.2, 0) is 0 Å². The predicted molar refractivity (Wildman–Crippen MR) is 88.6 cm³/mol. The SMILES string of the molecule is Cc1ccc(C)c(C(O)CN(C)CC2(N(C)C)CCC2)c1. The first-order valence-corrected chi connectivity index (χ1v) is 7.95. The Balaban J connectivity index is 1.99. The average molecular weight is 290 g/mol. The molecule has 1 unspecified atom stereocenters. The molecular formula is C18H30N2O. The van der Waals surface area contributed by atoms with Gasteiger partial charge in [-0.05, 0) is 65.4 Å². The number of aliphatic hydroxyl groups excluding tert-OH is 1. The van der Waals surface area contributed by atoms with Crippen LogP contribution in [-0.4, -0.2) is 54.7 Å². The number of nitrogens with zero attached hydrogens (tertiary/aromatic N) is 2. The fourth-order valence-electron chi connectivity index (χ4n) is 3.41. The lowest BCUT2D eigenvalue weighted by atomic mass is 9.75. The van der Waals surface area contributed by atoms with Crippen LogP contribution in [0, 0.1) is 13.8 Å². The molecule has 3 heteroatoms. The van der Waals surface area contributed by atoms with E-state index >= 15 is 0 Å². The molecule has 0 saturated heterocycles. The van der Waals surface area contributed by atoms with Crippen molar-refractivity contribution in [1.29, 1.82) is 0 Å². The Hall–Kier alpha value is -0.900. The van der Waals surface area contributed by atoms with Gasteiger partial charge >= 0.3 is 0 Å². The highest BCUT2D eigenvalue weighted by Gasteiger charge is 2.39. The van der Waals surface area contributed by atoms with Crippen molar-refractivity contribution in [2.75, 3.05) is 34.2 Å². The summed E-state index contributed by atoms with van der Waals surface area (Å²) in [7, 11) is 6.47. The lowest BCUT2D eigenvalue weighted by molar-refractivity contribution is 0.0146. The quantitative estimate of drug-likeness (QED) is 0.873. The Kier molecular flexibility index (Phi) is 5.07. The van der Waals surface area contributed by atoms with Crippen molar-refractivity contribution in [3.63, 3.8) is 0 Å². The molecule has 21 heavy (non-hydrogen) atoms. The number of aliphatic hydroxyl groups is 1. The highest BCUT2D eigenvalue weighted by molar-refractivity contribution is 5.32. The summed E-state index contributed by atoms with van der Waals surface area (Å²) in [5, 5.41) is 10.6. The van der Waals surface area contributed by atoms with E-state index in [1.165, 1.54) is 30.4 Å². The minimum Gasteiger partial charge on any atom is -0.387 e. The van der Waals surface area contributed by atoms with Gasteiger partial charge in [0.2, 0.25) is 0 Å². The Morgan fingerprint density at radius 3 is 2.38 bits per heavy atom. The van der Waals surface area contributed by atoms with E-state index in [9.17, 15) is 5.11 Å². The predicted octanol–water partition coefficient (Wildman–Crippen LogP) is 2.75. The normalized spacial score (nSPS) is 18.9. The molecule has 3 nitrogen and oxygen atoms in total. The summed E-state index contributed by atoms with van der Waals surface area (Å²) in [6.45, 7) is 5.88. The van der Waals surface area contributed by atoms with E-state index in [0.717, 1.165) is 12.1 Å². The van der Waals surface area contributed by atoms with Crippen molar-refractivity contribution in [3.05, 3.63) is 34.9 Å². The van der Waals surface area contributed by atoms with Crippen molar-refractivity contribution in [2.24, 2.45) is 0 Å². The van der Waals surface area contributed by atoms with Gasteiger partial charge in [-0.25, -0.2) is 0 Å². The number of hydrogen-bond acceptors (Lipinski definition) is 3. The molecule has 0 amide bonds. The smallest absolute Gasteiger partial charge is 0.0919 e. The van der Waals surface area contributed by atoms with Gasteiger partial charge in [0.25, 0.3) is 0 Å². The molecule has 0 radical (unpaired) electrons. The van der Waals surface area contributed by atoms with Crippen molar-refractivity contribution in [2.45, 2.75) is 44.8 Å². The molecule has 1 aliphatic carbocycles. The maximum absolute atomic E-state index is 10.6. The van der Waals surface area contributed by atoms with Gasteiger partial charge in [-0.1, -0.05) is 23.8 Å². The van der Waals surface area contributed by atoms with Gasteiger partial charge in [0, 0.05) is 18.6 Å². The molecule has 1 aromatic carbocycles. The summed E-state index contributed by atoms with van der Waals surface area (Å²) >= 11 is 0. The number of hydrogen-bond donors (Lipinski definition) is 1. The van der Waals surface area contributed by atoms with Crippen LogP contribution in [0.1, 0.15) is 42.1 Å². The van der Waals surface area contributed by atoms with E-state index in [-0.39, 0.29) is 0 Å². The van der Waals surface area contributed by atoms with E-state index in [4.69, 9.17) is 0 Å². The summed E-state index contributed by atoms with van der Waals surface area (Å²) in [4.78, 5) is 4.64. The standard InChI is InChI=1S/C18H30N2O/c1-14-7-8-15(2)16(11-14)17(21)12-20(5)13-18(19(3)4)9-6-10-18/h7-8,11,17,21H,6,9-10,12-13H2,1-5H3. The number of aryl methyl sites for hydroxylation is 2. The Morgan fingerprint density at radius 2 is 1.86 bits per heavy atom. The molecule has 0 spiro atoms. The van der Waals surface area contributed by atoms with E-state index in [0.29, 0.717) is 12.1 Å². The van der Waals surface area contributed by atoms with Crippen molar-refractivity contribution < 1.29 is 5.11 Å². The van der Waals surface area contributed by atoms with Gasteiger partial charge in [-0.3, -0.25) is 0 Å². The van der Waals surface area contributed by atoms with Gasteiger partial charge in [0.1, 0.15) is 0 Å². The molecule has 0 bridgehead atoms. The van der Waals surface area contributed by atoms with E-state index in [2.05, 4.69) is 63.0 Å². The number of benzene rings is 1. The molecule has 1 saturated carbocycles. The van der Waals surface area contributed by atoms with Crippen LogP contribution in [0.5, 0.6) is 0 Å². The first-order valence-electron chi connectivity index (χ1n) is 7.95. The summed E-state index contributed by atoms with van der Waals surface area (Å²) < 4.78 is 0. The van der Waals surface area contributed by atoms with Gasteiger partial charge in [0.05, 0.1) is 6.10 Å². The molecule has 1 atom stereocenters. The minimum atomic E-state index is -0.408.